The highest BCUT2D eigenvalue weighted by Gasteiger charge is 2.35. The lowest BCUT2D eigenvalue weighted by molar-refractivity contribution is 0.0241. The topological polar surface area (TPSA) is 23.5 Å². The first-order valence-electron chi connectivity index (χ1n) is 7.40. The van der Waals surface area contributed by atoms with Crippen molar-refractivity contribution in [1.29, 1.82) is 0 Å². The normalized spacial score (nSPS) is 27.0. The van der Waals surface area contributed by atoms with Crippen molar-refractivity contribution < 1.29 is 5.11 Å². The number of hydrogen-bond acceptors (Lipinski definition) is 3. The van der Waals surface area contributed by atoms with Crippen LogP contribution in [0.1, 0.15) is 38.7 Å². The van der Waals surface area contributed by atoms with Crippen LogP contribution in [0.2, 0.25) is 0 Å². The van der Waals surface area contributed by atoms with Gasteiger partial charge in [-0.15, -0.1) is 11.3 Å². The van der Waals surface area contributed by atoms with Gasteiger partial charge in [-0.3, -0.25) is 0 Å². The Kier molecular flexibility index (Phi) is 3.61. The maximum atomic E-state index is 11.0. The van der Waals surface area contributed by atoms with E-state index in [9.17, 15) is 5.11 Å². The van der Waals surface area contributed by atoms with Crippen LogP contribution in [0.5, 0.6) is 0 Å². The van der Waals surface area contributed by atoms with Crippen LogP contribution in [0, 0.1) is 0 Å². The lowest BCUT2D eigenvalue weighted by Gasteiger charge is -2.31. The number of likely N-dealkylation sites (tertiary alicyclic amines) is 1. The quantitative estimate of drug-likeness (QED) is 0.924. The molecular weight excluding hydrogens is 266 g/mol. The van der Waals surface area contributed by atoms with Crippen molar-refractivity contribution in [2.45, 2.75) is 50.8 Å². The zero-order valence-electron chi connectivity index (χ0n) is 12.5. The van der Waals surface area contributed by atoms with E-state index >= 15 is 0 Å². The highest BCUT2D eigenvalue weighted by Crippen LogP contribution is 2.38. The van der Waals surface area contributed by atoms with Crippen LogP contribution in [0.15, 0.2) is 29.6 Å². The lowest BCUT2D eigenvalue weighted by Crippen LogP contribution is -2.36. The molecule has 1 N–H and O–H groups in total. The third kappa shape index (κ3) is 2.39. The SMILES string of the molecule is CC1CCC(CC(C)(O)c2csc3ccccc23)N1C. The van der Waals surface area contributed by atoms with Crippen LogP contribution < -0.4 is 0 Å². The summed E-state index contributed by atoms with van der Waals surface area (Å²) in [5.74, 6) is 0. The average molecular weight is 289 g/mol. The fraction of sp³-hybridized carbons (Fsp3) is 0.529. The summed E-state index contributed by atoms with van der Waals surface area (Å²) < 4.78 is 1.26. The second-order valence-electron chi connectivity index (χ2n) is 6.37. The highest BCUT2D eigenvalue weighted by molar-refractivity contribution is 7.17. The molecule has 3 rings (SSSR count). The molecule has 1 aromatic heterocycles. The van der Waals surface area contributed by atoms with E-state index in [0.717, 1.165) is 12.0 Å². The average Bonchev–Trinajstić information content (AvgIpc) is 2.98. The summed E-state index contributed by atoms with van der Waals surface area (Å²) in [6.45, 7) is 4.24. The van der Waals surface area contributed by atoms with Gasteiger partial charge in [0.05, 0.1) is 5.60 Å². The van der Waals surface area contributed by atoms with E-state index in [0.29, 0.717) is 12.1 Å². The molecule has 0 saturated carbocycles. The predicted octanol–water partition coefficient (Wildman–Crippen LogP) is 3.98. The molecule has 1 fully saturated rings. The first kappa shape index (κ1) is 14.1. The van der Waals surface area contributed by atoms with Crippen LogP contribution in [-0.2, 0) is 5.60 Å². The Morgan fingerprint density at radius 3 is 2.80 bits per heavy atom. The van der Waals surface area contributed by atoms with Crippen LogP contribution in [0.3, 0.4) is 0 Å². The molecule has 0 radical (unpaired) electrons. The van der Waals surface area contributed by atoms with E-state index in [4.69, 9.17) is 0 Å². The fourth-order valence-electron chi connectivity index (χ4n) is 3.41. The first-order chi connectivity index (χ1) is 9.49. The van der Waals surface area contributed by atoms with Crippen molar-refractivity contribution >= 4 is 21.4 Å². The molecule has 3 unspecified atom stereocenters. The zero-order valence-corrected chi connectivity index (χ0v) is 13.3. The molecule has 1 aromatic carbocycles. The summed E-state index contributed by atoms with van der Waals surface area (Å²) in [5, 5.41) is 14.3. The van der Waals surface area contributed by atoms with Crippen molar-refractivity contribution in [2.24, 2.45) is 0 Å². The van der Waals surface area contributed by atoms with Gasteiger partial charge in [-0.25, -0.2) is 0 Å². The number of fused-ring (bicyclic) bond motifs is 1. The van der Waals surface area contributed by atoms with Crippen LogP contribution in [0.4, 0.5) is 0 Å². The molecule has 1 aliphatic rings. The Balaban J connectivity index is 1.88. The number of rotatable bonds is 3. The van der Waals surface area contributed by atoms with Gasteiger partial charge in [0.15, 0.2) is 0 Å². The van der Waals surface area contributed by atoms with E-state index in [2.05, 4.69) is 48.5 Å². The minimum absolute atomic E-state index is 0.485. The van der Waals surface area contributed by atoms with Gasteiger partial charge in [-0.2, -0.15) is 0 Å². The molecule has 2 nitrogen and oxygen atoms in total. The summed E-state index contributed by atoms with van der Waals surface area (Å²) in [6, 6.07) is 9.48. The minimum Gasteiger partial charge on any atom is -0.385 e. The van der Waals surface area contributed by atoms with Crippen molar-refractivity contribution in [3.05, 3.63) is 35.2 Å². The molecule has 3 heteroatoms. The summed E-state index contributed by atoms with van der Waals surface area (Å²) in [4.78, 5) is 2.42. The smallest absolute Gasteiger partial charge is 0.0897 e. The largest absolute Gasteiger partial charge is 0.385 e. The van der Waals surface area contributed by atoms with E-state index in [1.807, 2.05) is 6.92 Å². The minimum atomic E-state index is -0.747. The first-order valence-corrected chi connectivity index (χ1v) is 8.28. The van der Waals surface area contributed by atoms with Gasteiger partial charge >= 0.3 is 0 Å². The molecular formula is C17H23NOS. The van der Waals surface area contributed by atoms with Gasteiger partial charge in [0, 0.05) is 22.3 Å². The maximum absolute atomic E-state index is 11.0. The maximum Gasteiger partial charge on any atom is 0.0897 e. The summed E-state index contributed by atoms with van der Waals surface area (Å²) in [6.07, 6.45) is 3.24. The predicted molar refractivity (Wildman–Crippen MR) is 86.3 cm³/mol. The van der Waals surface area contributed by atoms with Gasteiger partial charge in [0.1, 0.15) is 0 Å². The van der Waals surface area contributed by atoms with Gasteiger partial charge in [0.2, 0.25) is 0 Å². The monoisotopic (exact) mass is 289 g/mol. The number of thiophene rings is 1. The highest BCUT2D eigenvalue weighted by atomic mass is 32.1. The standard InChI is InChI=1S/C17H23NOS/c1-12-8-9-13(18(12)3)10-17(2,19)15-11-20-16-7-5-4-6-14(15)16/h4-7,11-13,19H,8-10H2,1-3H3. The Morgan fingerprint density at radius 2 is 2.10 bits per heavy atom. The number of aliphatic hydroxyl groups is 1. The van der Waals surface area contributed by atoms with E-state index in [1.165, 1.54) is 22.9 Å². The van der Waals surface area contributed by atoms with Crippen molar-refractivity contribution in [2.75, 3.05) is 7.05 Å². The molecule has 108 valence electrons. The third-order valence-corrected chi connectivity index (χ3v) is 5.85. The van der Waals surface area contributed by atoms with E-state index in [1.54, 1.807) is 11.3 Å². The van der Waals surface area contributed by atoms with E-state index in [-0.39, 0.29) is 0 Å². The van der Waals surface area contributed by atoms with Gasteiger partial charge in [0.25, 0.3) is 0 Å². The molecule has 1 aliphatic heterocycles. The van der Waals surface area contributed by atoms with Crippen LogP contribution in [-0.4, -0.2) is 29.1 Å². The van der Waals surface area contributed by atoms with Crippen LogP contribution >= 0.6 is 11.3 Å². The molecule has 0 bridgehead atoms. The number of nitrogens with zero attached hydrogens (tertiary/aromatic N) is 1. The molecule has 0 amide bonds. The Hall–Kier alpha value is -0.900. The van der Waals surface area contributed by atoms with Gasteiger partial charge in [-0.05, 0) is 57.0 Å². The molecule has 2 heterocycles. The second kappa shape index (κ2) is 5.14. The Labute approximate surface area is 125 Å². The Morgan fingerprint density at radius 1 is 1.35 bits per heavy atom. The zero-order chi connectivity index (χ0) is 14.3. The summed E-state index contributed by atoms with van der Waals surface area (Å²) in [7, 11) is 2.18. The lowest BCUT2D eigenvalue weighted by atomic mass is 9.88. The van der Waals surface area contributed by atoms with Gasteiger partial charge in [-0.1, -0.05) is 18.2 Å². The van der Waals surface area contributed by atoms with E-state index < -0.39 is 5.60 Å². The van der Waals surface area contributed by atoms with Crippen molar-refractivity contribution in [1.82, 2.24) is 4.90 Å². The molecule has 20 heavy (non-hydrogen) atoms. The second-order valence-corrected chi connectivity index (χ2v) is 7.28. The Bertz CT molecular complexity index is 604. The number of hydrogen-bond donors (Lipinski definition) is 1. The summed E-state index contributed by atoms with van der Waals surface area (Å²) in [5.41, 5.74) is 0.342. The molecule has 1 saturated heterocycles. The van der Waals surface area contributed by atoms with Crippen molar-refractivity contribution in [3.8, 4) is 0 Å². The molecule has 0 spiro atoms. The third-order valence-electron chi connectivity index (χ3n) is 4.88. The van der Waals surface area contributed by atoms with Crippen molar-refractivity contribution in [3.63, 3.8) is 0 Å². The van der Waals surface area contributed by atoms with Crippen LogP contribution in [0.25, 0.3) is 10.1 Å². The molecule has 0 aliphatic carbocycles. The summed E-state index contributed by atoms with van der Waals surface area (Å²) >= 11 is 1.73. The van der Waals surface area contributed by atoms with Gasteiger partial charge < -0.3 is 10.0 Å². The molecule has 3 atom stereocenters. The number of benzene rings is 1. The molecule has 2 aromatic rings. The fourth-order valence-corrected chi connectivity index (χ4v) is 4.50.